The highest BCUT2D eigenvalue weighted by atomic mass is 79.9. The highest BCUT2D eigenvalue weighted by Gasteiger charge is 2.53. The van der Waals surface area contributed by atoms with Gasteiger partial charge in [0.15, 0.2) is 11.6 Å². The van der Waals surface area contributed by atoms with Gasteiger partial charge in [-0.25, -0.2) is 4.99 Å². The lowest BCUT2D eigenvalue weighted by Gasteiger charge is -2.31. The molecule has 0 aromatic heterocycles. The number of hydrogen-bond acceptors (Lipinski definition) is 6. The maximum atomic E-state index is 14.4. The van der Waals surface area contributed by atoms with E-state index in [0.29, 0.717) is 44.1 Å². The number of carbonyl (C=O) groups excluding carboxylic acids is 1. The second kappa shape index (κ2) is 14.9. The van der Waals surface area contributed by atoms with E-state index in [1.807, 2.05) is 97.1 Å². The summed E-state index contributed by atoms with van der Waals surface area (Å²) in [5, 5.41) is 12.2. The minimum atomic E-state index is -1.29. The molecular weight excluding hydrogens is 688 g/mol. The largest absolute Gasteiger partial charge is 0.497 e. The Balaban J connectivity index is 1.51. The van der Waals surface area contributed by atoms with E-state index in [1.165, 1.54) is 0 Å². The van der Waals surface area contributed by atoms with E-state index in [2.05, 4.69) is 37.2 Å². The van der Waals surface area contributed by atoms with E-state index in [0.717, 1.165) is 36.9 Å². The van der Waals surface area contributed by atoms with Gasteiger partial charge in [-0.15, -0.1) is 0 Å². The molecule has 4 aromatic carbocycles. The van der Waals surface area contributed by atoms with Crippen LogP contribution >= 0.6 is 31.9 Å². The fourth-order valence-electron chi connectivity index (χ4n) is 5.16. The van der Waals surface area contributed by atoms with Crippen LogP contribution in [0.25, 0.3) is 0 Å². The first-order valence-electron chi connectivity index (χ1n) is 14.4. The van der Waals surface area contributed by atoms with Crippen LogP contribution in [0.15, 0.2) is 111 Å². The van der Waals surface area contributed by atoms with Crippen LogP contribution in [-0.2, 0) is 22.4 Å². The topological polar surface area (TPSA) is 89.4 Å². The van der Waals surface area contributed by atoms with Gasteiger partial charge in [0.05, 0.1) is 13.7 Å². The maximum absolute atomic E-state index is 14.4. The summed E-state index contributed by atoms with van der Waals surface area (Å²) in [6, 6.07) is 31.0. The van der Waals surface area contributed by atoms with Gasteiger partial charge in [-0.1, -0.05) is 74.3 Å². The first-order chi connectivity index (χ1) is 21.4. The fourth-order valence-corrected chi connectivity index (χ4v) is 5.92. The Morgan fingerprint density at radius 2 is 1.73 bits per heavy atom. The lowest BCUT2D eigenvalue weighted by Crippen LogP contribution is -2.50. The third kappa shape index (κ3) is 7.52. The van der Waals surface area contributed by atoms with Gasteiger partial charge >= 0.3 is 0 Å². The zero-order chi connectivity index (χ0) is 30.9. The standard InChI is InChI=1S/C35H34Br2N2O5/c1-42-29-7-4-6-24(22-29)18-19-38-34(41)35(23-25-10-14-27(36)15-11-25)32(30-8-2-3-9-31(30)37)44-33(39-35)26-12-16-28(17-13-26)43-21-5-20-40/h2-4,6-17,22,32,40H,5,18-21,23H2,1H3,(H,38,41)/t32-,35-/m1/s1. The number of carbonyl (C=O) groups is 1. The van der Waals surface area contributed by atoms with Gasteiger partial charge in [-0.05, 0) is 72.1 Å². The number of methoxy groups -OCH3 is 1. The quantitative estimate of drug-likeness (QED) is 0.148. The molecule has 44 heavy (non-hydrogen) atoms. The van der Waals surface area contributed by atoms with E-state index in [1.54, 1.807) is 7.11 Å². The molecule has 9 heteroatoms. The van der Waals surface area contributed by atoms with Crippen LogP contribution in [0.3, 0.4) is 0 Å². The molecule has 2 atom stereocenters. The predicted octanol–water partition coefficient (Wildman–Crippen LogP) is 6.84. The molecule has 0 spiro atoms. The van der Waals surface area contributed by atoms with E-state index in [4.69, 9.17) is 24.3 Å². The minimum absolute atomic E-state index is 0.0707. The van der Waals surface area contributed by atoms with Crippen LogP contribution in [0.1, 0.15) is 34.8 Å². The molecule has 0 fully saturated rings. The molecule has 7 nitrogen and oxygen atoms in total. The number of nitrogens with zero attached hydrogens (tertiary/aromatic N) is 1. The summed E-state index contributed by atoms with van der Waals surface area (Å²) in [7, 11) is 1.64. The Bertz CT molecular complexity index is 1590. The number of halogens is 2. The number of aliphatic hydroxyl groups excluding tert-OH is 1. The molecule has 0 unspecified atom stereocenters. The molecule has 0 saturated carbocycles. The Morgan fingerprint density at radius 3 is 2.45 bits per heavy atom. The van der Waals surface area contributed by atoms with Gasteiger partial charge in [0, 0.05) is 46.1 Å². The molecule has 0 radical (unpaired) electrons. The first-order valence-corrected chi connectivity index (χ1v) is 16.0. The molecule has 1 amide bonds. The van der Waals surface area contributed by atoms with E-state index < -0.39 is 11.6 Å². The highest BCUT2D eigenvalue weighted by molar-refractivity contribution is 9.10. The van der Waals surface area contributed by atoms with Crippen LogP contribution in [0.2, 0.25) is 0 Å². The van der Waals surface area contributed by atoms with Crippen LogP contribution in [0, 0.1) is 0 Å². The number of nitrogens with one attached hydrogen (secondary N) is 1. The lowest BCUT2D eigenvalue weighted by atomic mass is 9.82. The summed E-state index contributed by atoms with van der Waals surface area (Å²) in [5.74, 6) is 1.62. The van der Waals surface area contributed by atoms with Crippen LogP contribution in [-0.4, -0.2) is 49.3 Å². The highest BCUT2D eigenvalue weighted by Crippen LogP contribution is 2.44. The van der Waals surface area contributed by atoms with Crippen LogP contribution in [0.5, 0.6) is 11.5 Å². The van der Waals surface area contributed by atoms with Gasteiger partial charge < -0.3 is 24.6 Å². The van der Waals surface area contributed by atoms with E-state index in [-0.39, 0.29) is 12.5 Å². The monoisotopic (exact) mass is 720 g/mol. The zero-order valence-corrected chi connectivity index (χ0v) is 27.5. The van der Waals surface area contributed by atoms with Gasteiger partial charge in [-0.2, -0.15) is 0 Å². The first kappa shape index (κ1) is 31.8. The summed E-state index contributed by atoms with van der Waals surface area (Å²) in [6.45, 7) is 0.909. The molecule has 0 bridgehead atoms. The SMILES string of the molecule is COc1cccc(CCNC(=O)[C@]2(Cc3ccc(Br)cc3)N=C(c3ccc(OCCCO)cc3)O[C@@H]2c2ccccc2Br)c1. The Kier molecular flexibility index (Phi) is 10.7. The molecule has 1 aliphatic rings. The minimum Gasteiger partial charge on any atom is -0.497 e. The van der Waals surface area contributed by atoms with Crippen LogP contribution < -0.4 is 14.8 Å². The van der Waals surface area contributed by atoms with Gasteiger partial charge in [-0.3, -0.25) is 4.79 Å². The van der Waals surface area contributed by atoms with Crippen molar-refractivity contribution < 1.29 is 24.1 Å². The zero-order valence-electron chi connectivity index (χ0n) is 24.3. The summed E-state index contributed by atoms with van der Waals surface area (Å²) in [5.41, 5.74) is 2.28. The molecule has 5 rings (SSSR count). The normalized spacial score (nSPS) is 17.5. The maximum Gasteiger partial charge on any atom is 0.252 e. The Labute approximate surface area is 274 Å². The lowest BCUT2D eigenvalue weighted by molar-refractivity contribution is -0.128. The number of aliphatic hydroxyl groups is 1. The van der Waals surface area contributed by atoms with Crippen molar-refractivity contribution in [1.82, 2.24) is 5.32 Å². The van der Waals surface area contributed by atoms with Gasteiger partial charge in [0.25, 0.3) is 5.91 Å². The number of amides is 1. The van der Waals surface area contributed by atoms with Crippen molar-refractivity contribution in [2.45, 2.75) is 30.9 Å². The number of rotatable bonds is 13. The Morgan fingerprint density at radius 1 is 0.955 bits per heavy atom. The van der Waals surface area contributed by atoms with Crippen molar-refractivity contribution in [2.24, 2.45) is 4.99 Å². The Hall–Kier alpha value is -3.66. The fraction of sp³-hybridized carbons (Fsp3) is 0.257. The smallest absolute Gasteiger partial charge is 0.252 e. The average molecular weight is 722 g/mol. The average Bonchev–Trinajstić information content (AvgIpc) is 3.43. The molecule has 1 heterocycles. The molecule has 228 valence electrons. The summed E-state index contributed by atoms with van der Waals surface area (Å²) in [4.78, 5) is 19.6. The molecule has 4 aromatic rings. The van der Waals surface area contributed by atoms with Crippen molar-refractivity contribution >= 4 is 43.7 Å². The molecule has 0 aliphatic carbocycles. The second-order valence-electron chi connectivity index (χ2n) is 10.5. The van der Waals surface area contributed by atoms with E-state index in [9.17, 15) is 4.79 Å². The van der Waals surface area contributed by atoms with Crippen LogP contribution in [0.4, 0.5) is 0 Å². The molecule has 2 N–H and O–H groups in total. The number of benzene rings is 4. The molecular formula is C35H34Br2N2O5. The van der Waals surface area contributed by atoms with Crippen molar-refractivity contribution in [2.75, 3.05) is 26.9 Å². The van der Waals surface area contributed by atoms with Crippen molar-refractivity contribution in [3.05, 3.63) is 128 Å². The van der Waals surface area contributed by atoms with Crippen molar-refractivity contribution in [1.29, 1.82) is 0 Å². The number of aliphatic imine (C=N–C) groups is 1. The summed E-state index contributed by atoms with van der Waals surface area (Å²) in [6.07, 6.45) is 0.806. The summed E-state index contributed by atoms with van der Waals surface area (Å²) < 4.78 is 19.5. The molecule has 1 aliphatic heterocycles. The van der Waals surface area contributed by atoms with Crippen molar-refractivity contribution in [3.63, 3.8) is 0 Å². The molecule has 0 saturated heterocycles. The van der Waals surface area contributed by atoms with Gasteiger partial charge in [0.2, 0.25) is 5.90 Å². The number of hydrogen-bond donors (Lipinski definition) is 2. The summed E-state index contributed by atoms with van der Waals surface area (Å²) >= 11 is 7.22. The second-order valence-corrected chi connectivity index (χ2v) is 12.2. The predicted molar refractivity (Wildman–Crippen MR) is 178 cm³/mol. The third-order valence-corrected chi connectivity index (χ3v) is 8.69. The number of ether oxygens (including phenoxy) is 3. The van der Waals surface area contributed by atoms with Crippen molar-refractivity contribution in [3.8, 4) is 11.5 Å². The van der Waals surface area contributed by atoms with Gasteiger partial charge in [0.1, 0.15) is 11.5 Å². The third-order valence-electron chi connectivity index (χ3n) is 7.44. The van der Waals surface area contributed by atoms with E-state index >= 15 is 0 Å².